The summed E-state index contributed by atoms with van der Waals surface area (Å²) >= 11 is 0. The minimum atomic E-state index is -0.957. The van der Waals surface area contributed by atoms with Gasteiger partial charge in [0.2, 0.25) is 0 Å². The molecule has 0 unspecified atom stereocenters. The highest BCUT2D eigenvalue weighted by atomic mass is 16.6. The number of nitrogens with one attached hydrogen (secondary N) is 2. The first kappa shape index (κ1) is 18.3. The maximum atomic E-state index is 11.7. The average molecular weight is 342 g/mol. The molecular weight excluding hydrogens is 320 g/mol. The fraction of sp³-hybridized carbons (Fsp3) is 0.263. The van der Waals surface area contributed by atoms with E-state index in [-0.39, 0.29) is 5.56 Å². The third-order valence-corrected chi connectivity index (χ3v) is 3.18. The van der Waals surface area contributed by atoms with E-state index >= 15 is 0 Å². The molecule has 0 spiro atoms. The number of carbonyl (C=O) groups is 2. The Balaban J connectivity index is 1.96. The molecule has 132 valence electrons. The molecule has 0 saturated carbocycles. The van der Waals surface area contributed by atoms with Crippen LogP contribution in [0.5, 0.6) is 0 Å². The van der Waals surface area contributed by atoms with E-state index in [0.29, 0.717) is 6.54 Å². The van der Waals surface area contributed by atoms with Crippen molar-refractivity contribution >= 4 is 23.4 Å². The molecular formula is C19H22N2O4. The van der Waals surface area contributed by atoms with Crippen LogP contribution in [0.4, 0.5) is 16.2 Å². The average Bonchev–Trinajstić information content (AvgIpc) is 2.52. The summed E-state index contributed by atoms with van der Waals surface area (Å²) in [5, 5.41) is 14.8. The van der Waals surface area contributed by atoms with Crippen LogP contribution in [-0.2, 0) is 11.3 Å². The maximum Gasteiger partial charge on any atom is 0.407 e. The molecule has 2 rings (SSSR count). The third-order valence-electron chi connectivity index (χ3n) is 3.18. The highest BCUT2D eigenvalue weighted by Gasteiger charge is 2.15. The molecule has 0 fully saturated rings. The molecule has 2 aromatic carbocycles. The number of carboxylic acids is 1. The van der Waals surface area contributed by atoms with Crippen LogP contribution < -0.4 is 10.6 Å². The van der Waals surface area contributed by atoms with Crippen molar-refractivity contribution in [3.8, 4) is 0 Å². The van der Waals surface area contributed by atoms with Crippen molar-refractivity contribution in [3.63, 3.8) is 0 Å². The van der Waals surface area contributed by atoms with Crippen molar-refractivity contribution in [1.82, 2.24) is 5.32 Å². The Bertz CT molecular complexity index is 749. The first-order chi connectivity index (χ1) is 11.7. The zero-order valence-corrected chi connectivity index (χ0v) is 14.5. The summed E-state index contributed by atoms with van der Waals surface area (Å²) in [5.41, 5.74) is 2.24. The number of hydrogen-bond acceptors (Lipinski definition) is 4. The van der Waals surface area contributed by atoms with Gasteiger partial charge in [0.25, 0.3) is 0 Å². The smallest absolute Gasteiger partial charge is 0.407 e. The first-order valence-corrected chi connectivity index (χ1v) is 7.89. The van der Waals surface area contributed by atoms with Crippen LogP contribution in [0.15, 0.2) is 48.5 Å². The third kappa shape index (κ3) is 6.18. The van der Waals surface area contributed by atoms with Gasteiger partial charge in [-0.3, -0.25) is 0 Å². The van der Waals surface area contributed by atoms with Gasteiger partial charge < -0.3 is 20.5 Å². The number of aromatic carboxylic acids is 1. The molecule has 1 amide bonds. The molecule has 6 heteroatoms. The summed E-state index contributed by atoms with van der Waals surface area (Å²) in [4.78, 5) is 22.6. The molecule has 25 heavy (non-hydrogen) atoms. The van der Waals surface area contributed by atoms with E-state index in [1.165, 1.54) is 0 Å². The largest absolute Gasteiger partial charge is 0.478 e. The minimum Gasteiger partial charge on any atom is -0.478 e. The van der Waals surface area contributed by atoms with Gasteiger partial charge in [-0.15, -0.1) is 0 Å². The second-order valence-corrected chi connectivity index (χ2v) is 6.56. The molecule has 0 heterocycles. The van der Waals surface area contributed by atoms with Gasteiger partial charge in [0.15, 0.2) is 0 Å². The van der Waals surface area contributed by atoms with Crippen molar-refractivity contribution in [3.05, 3.63) is 59.7 Å². The SMILES string of the molecule is CC(C)(C)OC(=O)NCc1cccc(Nc2ccc(C(=O)O)cc2)c1. The number of benzene rings is 2. The fourth-order valence-electron chi connectivity index (χ4n) is 2.11. The second kappa shape index (κ2) is 7.70. The van der Waals surface area contributed by atoms with E-state index in [4.69, 9.17) is 9.84 Å². The van der Waals surface area contributed by atoms with Crippen LogP contribution >= 0.6 is 0 Å². The van der Waals surface area contributed by atoms with E-state index in [1.807, 2.05) is 45.0 Å². The normalized spacial score (nSPS) is 10.8. The van der Waals surface area contributed by atoms with Gasteiger partial charge in [-0.25, -0.2) is 9.59 Å². The molecule has 0 atom stereocenters. The molecule has 2 aromatic rings. The van der Waals surface area contributed by atoms with Gasteiger partial charge >= 0.3 is 12.1 Å². The Morgan fingerprint density at radius 1 is 1.04 bits per heavy atom. The lowest BCUT2D eigenvalue weighted by Crippen LogP contribution is -2.32. The summed E-state index contributed by atoms with van der Waals surface area (Å²) in [7, 11) is 0. The van der Waals surface area contributed by atoms with E-state index in [1.54, 1.807) is 24.3 Å². The van der Waals surface area contributed by atoms with Crippen LogP contribution in [0.1, 0.15) is 36.7 Å². The fourth-order valence-corrected chi connectivity index (χ4v) is 2.11. The van der Waals surface area contributed by atoms with Crippen LogP contribution in [0.2, 0.25) is 0 Å². The van der Waals surface area contributed by atoms with Gasteiger partial charge in [0, 0.05) is 17.9 Å². The predicted molar refractivity (Wildman–Crippen MR) is 96.2 cm³/mol. The van der Waals surface area contributed by atoms with Crippen molar-refractivity contribution in [1.29, 1.82) is 0 Å². The number of amides is 1. The van der Waals surface area contributed by atoms with E-state index < -0.39 is 17.7 Å². The molecule has 0 aliphatic rings. The highest BCUT2D eigenvalue weighted by Crippen LogP contribution is 2.18. The number of carbonyl (C=O) groups excluding carboxylic acids is 1. The number of anilines is 2. The summed E-state index contributed by atoms with van der Waals surface area (Å²) in [6, 6.07) is 14.1. The van der Waals surface area contributed by atoms with E-state index in [9.17, 15) is 9.59 Å². The zero-order chi connectivity index (χ0) is 18.4. The quantitative estimate of drug-likeness (QED) is 0.759. The first-order valence-electron chi connectivity index (χ1n) is 7.89. The van der Waals surface area contributed by atoms with Crippen molar-refractivity contribution in [2.75, 3.05) is 5.32 Å². The second-order valence-electron chi connectivity index (χ2n) is 6.56. The number of hydrogen-bond donors (Lipinski definition) is 3. The Morgan fingerprint density at radius 3 is 2.32 bits per heavy atom. The standard InChI is InChI=1S/C19H22N2O4/c1-19(2,3)25-18(24)20-12-13-5-4-6-16(11-13)21-15-9-7-14(8-10-15)17(22)23/h4-11,21H,12H2,1-3H3,(H,20,24)(H,22,23). The van der Waals surface area contributed by atoms with E-state index in [2.05, 4.69) is 10.6 Å². The predicted octanol–water partition coefficient (Wildman–Crippen LogP) is 4.15. The molecule has 0 aliphatic carbocycles. The number of alkyl carbamates (subject to hydrolysis) is 1. The summed E-state index contributed by atoms with van der Waals surface area (Å²) < 4.78 is 5.20. The number of rotatable bonds is 5. The summed E-state index contributed by atoms with van der Waals surface area (Å²) in [6.45, 7) is 5.79. The molecule has 0 saturated heterocycles. The van der Waals surface area contributed by atoms with Crippen LogP contribution in [0.25, 0.3) is 0 Å². The van der Waals surface area contributed by atoms with Gasteiger partial charge in [0.05, 0.1) is 5.56 Å². The van der Waals surface area contributed by atoms with Gasteiger partial charge in [-0.1, -0.05) is 12.1 Å². The van der Waals surface area contributed by atoms with Crippen LogP contribution in [0.3, 0.4) is 0 Å². The van der Waals surface area contributed by atoms with Crippen LogP contribution in [-0.4, -0.2) is 22.8 Å². The van der Waals surface area contributed by atoms with E-state index in [0.717, 1.165) is 16.9 Å². The Hall–Kier alpha value is -3.02. The van der Waals surface area contributed by atoms with Crippen molar-refractivity contribution in [2.24, 2.45) is 0 Å². The lowest BCUT2D eigenvalue weighted by Gasteiger charge is -2.19. The van der Waals surface area contributed by atoms with Gasteiger partial charge in [-0.2, -0.15) is 0 Å². The Labute approximate surface area is 146 Å². The van der Waals surface area contributed by atoms with Crippen molar-refractivity contribution in [2.45, 2.75) is 32.9 Å². The molecule has 3 N–H and O–H groups in total. The topological polar surface area (TPSA) is 87.7 Å². The van der Waals surface area contributed by atoms with Gasteiger partial charge in [-0.05, 0) is 62.7 Å². The lowest BCUT2D eigenvalue weighted by molar-refractivity contribution is 0.0523. The Morgan fingerprint density at radius 2 is 1.72 bits per heavy atom. The van der Waals surface area contributed by atoms with Crippen molar-refractivity contribution < 1.29 is 19.4 Å². The molecule has 0 bridgehead atoms. The Kier molecular flexibility index (Phi) is 5.64. The summed E-state index contributed by atoms with van der Waals surface area (Å²) in [6.07, 6.45) is -0.463. The highest BCUT2D eigenvalue weighted by molar-refractivity contribution is 5.88. The maximum absolute atomic E-state index is 11.7. The molecule has 6 nitrogen and oxygen atoms in total. The van der Waals surface area contributed by atoms with Gasteiger partial charge in [0.1, 0.15) is 5.60 Å². The monoisotopic (exact) mass is 342 g/mol. The minimum absolute atomic E-state index is 0.237. The lowest BCUT2D eigenvalue weighted by atomic mass is 10.1. The van der Waals surface area contributed by atoms with Crippen LogP contribution in [0, 0.1) is 0 Å². The molecule has 0 aromatic heterocycles. The zero-order valence-electron chi connectivity index (χ0n) is 14.5. The number of carboxylic acid groups (broad SMARTS) is 1. The number of ether oxygens (including phenoxy) is 1. The molecule has 0 radical (unpaired) electrons. The molecule has 0 aliphatic heterocycles. The summed E-state index contributed by atoms with van der Waals surface area (Å²) in [5.74, 6) is -0.957.